The van der Waals surface area contributed by atoms with Gasteiger partial charge in [0.05, 0.1) is 6.08 Å². The molecule has 128 valence electrons. The molecule has 0 heterocycles. The first-order chi connectivity index (χ1) is 9.46. The second-order valence-electron chi connectivity index (χ2n) is 4.67. The largest absolute Gasteiger partial charge is 0.673 e. The highest BCUT2D eigenvalue weighted by molar-refractivity contribution is 6.50. The van der Waals surface area contributed by atoms with Crippen LogP contribution in [0.15, 0.2) is 12.2 Å². The van der Waals surface area contributed by atoms with Crippen LogP contribution < -0.4 is 0 Å². The first-order valence-corrected chi connectivity index (χ1v) is 5.53. The molecule has 0 aromatic carbocycles. The Bertz CT molecular complexity index is 476. The van der Waals surface area contributed by atoms with E-state index in [4.69, 9.17) is 5.39 Å². The predicted molar refractivity (Wildman–Crippen MR) is 56.8 cm³/mol. The van der Waals surface area contributed by atoms with E-state index in [2.05, 4.69) is 0 Å². The van der Waals surface area contributed by atoms with Crippen LogP contribution in [0.5, 0.6) is 0 Å². The summed E-state index contributed by atoms with van der Waals surface area (Å²) in [5, 5.41) is 8.32. The topological polar surface area (TPSA) is 28.1 Å². The maximum absolute atomic E-state index is 14.1. The van der Waals surface area contributed by atoms with E-state index in [0.29, 0.717) is 0 Å². The van der Waals surface area contributed by atoms with Crippen molar-refractivity contribution in [3.63, 3.8) is 0 Å². The van der Waals surface area contributed by atoms with Gasteiger partial charge in [0.15, 0.2) is 4.98 Å². The molecule has 0 bridgehead atoms. The molecule has 1 aliphatic rings. The van der Waals surface area contributed by atoms with Crippen LogP contribution in [0, 0.1) is 11.3 Å². The maximum Gasteiger partial charge on any atom is 0.673 e. The Labute approximate surface area is 117 Å². The van der Waals surface area contributed by atoms with Gasteiger partial charge in [0, 0.05) is 5.92 Å². The van der Waals surface area contributed by atoms with Crippen LogP contribution in [-0.2, 0) is 0 Å². The molecule has 0 aromatic heterocycles. The number of nitrogens with zero attached hydrogens (tertiary/aromatic N) is 2. The number of diazo groups is 1. The molecule has 2 atom stereocenters. The molecule has 2 nitrogen and oxygen atoms in total. The molecule has 13 heteroatoms. The SMILES string of the molecule is CC(C)C1(F)C(F)([N+]#N)C=CC(F)(F)C1(F)F.F[B-](F)(F)F. The summed E-state index contributed by atoms with van der Waals surface area (Å²) in [6.07, 6.45) is -0.683. The number of halogens is 10. The maximum atomic E-state index is 14.1. The Morgan fingerprint density at radius 3 is 1.55 bits per heavy atom. The highest BCUT2D eigenvalue weighted by Gasteiger charge is 2.86. The summed E-state index contributed by atoms with van der Waals surface area (Å²) in [6.45, 7) is 1.59. The molecule has 0 radical (unpaired) electrons. The van der Waals surface area contributed by atoms with Crippen LogP contribution >= 0.6 is 0 Å². The molecule has 0 N–H and O–H groups in total. The van der Waals surface area contributed by atoms with Gasteiger partial charge in [-0.2, -0.15) is 17.6 Å². The molecule has 0 fully saturated rings. The van der Waals surface area contributed by atoms with Gasteiger partial charge < -0.3 is 17.3 Å². The van der Waals surface area contributed by atoms with Crippen LogP contribution in [-0.4, -0.2) is 30.6 Å². The Hall–Kier alpha value is -1.48. The molecule has 1 rings (SSSR count). The minimum Gasteiger partial charge on any atom is -0.418 e. The van der Waals surface area contributed by atoms with Crippen molar-refractivity contribution in [2.75, 3.05) is 0 Å². The van der Waals surface area contributed by atoms with Crippen LogP contribution in [0.4, 0.5) is 43.6 Å². The fourth-order valence-electron chi connectivity index (χ4n) is 1.78. The van der Waals surface area contributed by atoms with Gasteiger partial charge in [-0.15, -0.1) is 4.39 Å². The van der Waals surface area contributed by atoms with Gasteiger partial charge in [0.1, 0.15) is 0 Å². The van der Waals surface area contributed by atoms with E-state index in [0.717, 1.165) is 13.8 Å². The molecule has 0 aliphatic heterocycles. The molecular weight excluding hydrogens is 337 g/mol. The van der Waals surface area contributed by atoms with Crippen LogP contribution in [0.2, 0.25) is 0 Å². The minimum absolute atomic E-state index is 0.190. The van der Waals surface area contributed by atoms with Gasteiger partial charge >= 0.3 is 30.6 Å². The van der Waals surface area contributed by atoms with Gasteiger partial charge in [-0.3, -0.25) is 0 Å². The summed E-state index contributed by atoms with van der Waals surface area (Å²) in [5.74, 6) is -15.9. The average Bonchev–Trinajstić information content (AvgIpc) is 2.30. The minimum atomic E-state index is -6.00. The smallest absolute Gasteiger partial charge is 0.418 e. The first kappa shape index (κ1) is 20.5. The third-order valence-electron chi connectivity index (χ3n) is 2.84. The quantitative estimate of drug-likeness (QED) is 0.216. The van der Waals surface area contributed by atoms with Gasteiger partial charge in [-0.1, -0.05) is 13.8 Å². The van der Waals surface area contributed by atoms with Crippen LogP contribution in [0.3, 0.4) is 0 Å². The van der Waals surface area contributed by atoms with Crippen molar-refractivity contribution in [3.05, 3.63) is 17.1 Å². The van der Waals surface area contributed by atoms with E-state index in [9.17, 15) is 43.6 Å². The van der Waals surface area contributed by atoms with Crippen LogP contribution in [0.25, 0.3) is 4.98 Å². The van der Waals surface area contributed by atoms with Crippen molar-refractivity contribution in [1.29, 1.82) is 5.39 Å². The van der Waals surface area contributed by atoms with Crippen molar-refractivity contribution in [3.8, 4) is 0 Å². The Morgan fingerprint density at radius 1 is 0.909 bits per heavy atom. The average molecular weight is 346 g/mol. The number of allylic oxidation sites excluding steroid dienone is 1. The fourth-order valence-corrected chi connectivity index (χ4v) is 1.78. The predicted octanol–water partition coefficient (Wildman–Crippen LogP) is 5.01. The van der Waals surface area contributed by atoms with Crippen molar-refractivity contribution < 1.29 is 43.6 Å². The van der Waals surface area contributed by atoms with E-state index in [1.54, 1.807) is 0 Å². The number of hydrogen-bond acceptors (Lipinski definition) is 1. The molecule has 0 saturated carbocycles. The van der Waals surface area contributed by atoms with E-state index in [-0.39, 0.29) is 6.08 Å². The highest BCUT2D eigenvalue weighted by atomic mass is 19.5. The third kappa shape index (κ3) is 3.30. The normalized spacial score (nSPS) is 32.9. The van der Waals surface area contributed by atoms with E-state index >= 15 is 0 Å². The van der Waals surface area contributed by atoms with Crippen molar-refractivity contribution in [2.24, 2.45) is 5.92 Å². The van der Waals surface area contributed by atoms with Gasteiger partial charge in [0.25, 0.3) is 0 Å². The van der Waals surface area contributed by atoms with Gasteiger partial charge in [-0.25, -0.2) is 4.39 Å². The molecule has 22 heavy (non-hydrogen) atoms. The Balaban J connectivity index is 0.000000763. The summed E-state index contributed by atoms with van der Waals surface area (Å²) >= 11 is 0. The van der Waals surface area contributed by atoms with Gasteiger partial charge in [0.2, 0.25) is 5.39 Å². The monoisotopic (exact) mass is 346 g/mol. The van der Waals surface area contributed by atoms with Crippen molar-refractivity contribution in [2.45, 2.75) is 37.2 Å². The lowest BCUT2D eigenvalue weighted by Crippen LogP contribution is -2.68. The summed E-state index contributed by atoms with van der Waals surface area (Å²) in [4.78, 5) is 1.87. The highest BCUT2D eigenvalue weighted by Crippen LogP contribution is 2.58. The second kappa shape index (κ2) is 5.62. The Kier molecular flexibility index (Phi) is 5.24. The zero-order valence-electron chi connectivity index (χ0n) is 11.0. The summed E-state index contributed by atoms with van der Waals surface area (Å²) in [6, 6.07) is 0. The van der Waals surface area contributed by atoms with Crippen molar-refractivity contribution in [1.82, 2.24) is 0 Å². The van der Waals surface area contributed by atoms with Crippen molar-refractivity contribution >= 4 is 7.25 Å². The molecule has 0 amide bonds. The standard InChI is InChI=1S/C9H9F6N2.BF4/c1-5(2)8(13)7(12,17-16)4-3-6(10,11)9(8,14)15;2-1(3,4)5/h3-5H,1-2H3;/q+1;-1. The third-order valence-corrected chi connectivity index (χ3v) is 2.84. The van der Waals surface area contributed by atoms with Crippen LogP contribution in [0.1, 0.15) is 13.8 Å². The zero-order valence-corrected chi connectivity index (χ0v) is 11.0. The molecule has 2 unspecified atom stereocenters. The van der Waals surface area contributed by atoms with E-state index < -0.39 is 42.6 Å². The number of hydrogen-bond donors (Lipinski definition) is 0. The number of rotatable bonds is 1. The summed E-state index contributed by atoms with van der Waals surface area (Å²) < 4.78 is 120. The molecular formula is C9H9BF10N2. The van der Waals surface area contributed by atoms with E-state index in [1.807, 2.05) is 4.98 Å². The second-order valence-corrected chi connectivity index (χ2v) is 4.67. The lowest BCUT2D eigenvalue weighted by Gasteiger charge is -2.40. The Morgan fingerprint density at radius 2 is 1.27 bits per heavy atom. The van der Waals surface area contributed by atoms with Gasteiger partial charge in [-0.05, 0) is 6.08 Å². The zero-order chi connectivity index (χ0) is 18.2. The van der Waals surface area contributed by atoms with E-state index in [1.165, 1.54) is 0 Å². The molecule has 0 saturated heterocycles. The molecule has 1 aliphatic carbocycles. The summed E-state index contributed by atoms with van der Waals surface area (Å²) in [7, 11) is -6.00. The first-order valence-electron chi connectivity index (χ1n) is 5.53. The fraction of sp³-hybridized carbons (Fsp3) is 0.778. The summed E-state index contributed by atoms with van der Waals surface area (Å²) in [5.41, 5.74) is -4.34. The lowest BCUT2D eigenvalue weighted by atomic mass is 9.72. The number of alkyl halides is 6. The molecule has 0 aromatic rings. The molecule has 0 spiro atoms. The lowest BCUT2D eigenvalue weighted by molar-refractivity contribution is -0.292.